The van der Waals surface area contributed by atoms with Crippen LogP contribution in [0, 0.1) is 0 Å². The molecule has 0 aromatic rings. The second-order valence-corrected chi connectivity index (χ2v) is 5.69. The molecule has 0 aliphatic carbocycles. The third-order valence-corrected chi connectivity index (χ3v) is 3.95. The van der Waals surface area contributed by atoms with Gasteiger partial charge in [-0.2, -0.15) is 0 Å². The molecule has 0 saturated carbocycles. The lowest BCUT2D eigenvalue weighted by atomic mass is 10.0. The molecule has 2 aliphatic rings. The van der Waals surface area contributed by atoms with Crippen LogP contribution in [-0.4, -0.2) is 51.5 Å². The fraction of sp³-hybridized carbons (Fsp3) is 0.800. The second-order valence-electron chi connectivity index (χ2n) is 5.69. The summed E-state index contributed by atoms with van der Waals surface area (Å²) in [6, 6.07) is 0. The van der Waals surface area contributed by atoms with Crippen molar-refractivity contribution in [1.29, 1.82) is 0 Å². The fourth-order valence-electron chi connectivity index (χ4n) is 2.60. The minimum Gasteiger partial charge on any atom is -0.377 e. The molecule has 1 atom stereocenters. The topological polar surface area (TPSA) is 54.9 Å². The van der Waals surface area contributed by atoms with E-state index >= 15 is 0 Å². The summed E-state index contributed by atoms with van der Waals surface area (Å²) in [6.07, 6.45) is 6.57. The summed E-state index contributed by atoms with van der Waals surface area (Å²) in [4.78, 5) is 4.26. The Bertz CT molecular complexity index is 366. The monoisotopic (exact) mass is 409 g/mol. The predicted octanol–water partition coefficient (Wildman–Crippen LogP) is 2.08. The molecule has 2 heterocycles. The zero-order valence-corrected chi connectivity index (χ0v) is 15.4. The summed E-state index contributed by atoms with van der Waals surface area (Å²) >= 11 is 0. The van der Waals surface area contributed by atoms with Crippen LogP contribution in [0.25, 0.3) is 0 Å². The molecule has 2 aliphatic heterocycles. The first-order chi connectivity index (χ1) is 9.72. The molecule has 2 N–H and O–H groups in total. The van der Waals surface area contributed by atoms with Gasteiger partial charge >= 0.3 is 0 Å². The van der Waals surface area contributed by atoms with Crippen LogP contribution in [0.15, 0.2) is 16.6 Å². The number of nitrogens with one attached hydrogen (secondary N) is 2. The number of hydrogen-bond acceptors (Lipinski definition) is 3. The van der Waals surface area contributed by atoms with Gasteiger partial charge in [-0.25, -0.2) is 0 Å². The molecule has 6 heteroatoms. The minimum atomic E-state index is -0.0408. The van der Waals surface area contributed by atoms with E-state index in [1.807, 2.05) is 0 Å². The van der Waals surface area contributed by atoms with Gasteiger partial charge in [0.15, 0.2) is 5.96 Å². The lowest BCUT2D eigenvalue weighted by Crippen LogP contribution is -2.45. The molecule has 0 aromatic heterocycles. The molecule has 0 amide bonds. The number of hydrogen-bond donors (Lipinski definition) is 2. The van der Waals surface area contributed by atoms with Crippen LogP contribution in [0.4, 0.5) is 0 Å². The van der Waals surface area contributed by atoms with E-state index in [-0.39, 0.29) is 29.6 Å². The largest absolute Gasteiger partial charge is 0.377 e. The van der Waals surface area contributed by atoms with Crippen LogP contribution in [0.2, 0.25) is 0 Å². The van der Waals surface area contributed by atoms with E-state index in [1.165, 1.54) is 5.57 Å². The normalized spacial score (nSPS) is 26.0. The Hall–Kier alpha value is -0.340. The zero-order chi connectivity index (χ0) is 14.3. The van der Waals surface area contributed by atoms with Gasteiger partial charge in [0.2, 0.25) is 0 Å². The fourth-order valence-corrected chi connectivity index (χ4v) is 2.60. The maximum atomic E-state index is 5.77. The highest BCUT2D eigenvalue weighted by atomic mass is 127. The van der Waals surface area contributed by atoms with E-state index in [4.69, 9.17) is 9.47 Å². The first kappa shape index (κ1) is 18.7. The van der Waals surface area contributed by atoms with Gasteiger partial charge in [0.25, 0.3) is 0 Å². The van der Waals surface area contributed by atoms with Crippen LogP contribution in [-0.2, 0) is 9.47 Å². The molecule has 0 spiro atoms. The van der Waals surface area contributed by atoms with E-state index in [0.717, 1.165) is 64.6 Å². The van der Waals surface area contributed by atoms with Crippen molar-refractivity contribution < 1.29 is 9.47 Å². The van der Waals surface area contributed by atoms with Gasteiger partial charge < -0.3 is 20.1 Å². The Balaban J connectivity index is 0.00000220. The van der Waals surface area contributed by atoms with E-state index in [9.17, 15) is 0 Å². The first-order valence-corrected chi connectivity index (χ1v) is 7.56. The average molecular weight is 409 g/mol. The summed E-state index contributed by atoms with van der Waals surface area (Å²) in [6.45, 7) is 6.37. The molecule has 0 aromatic carbocycles. The molecule has 2 rings (SSSR count). The van der Waals surface area contributed by atoms with Gasteiger partial charge in [0.1, 0.15) is 0 Å². The Kier molecular flexibility index (Phi) is 8.58. The van der Waals surface area contributed by atoms with Crippen LogP contribution < -0.4 is 10.6 Å². The van der Waals surface area contributed by atoms with Crippen molar-refractivity contribution in [3.8, 4) is 0 Å². The molecule has 1 unspecified atom stereocenters. The van der Waals surface area contributed by atoms with Crippen molar-refractivity contribution in [3.05, 3.63) is 11.6 Å². The summed E-state index contributed by atoms with van der Waals surface area (Å²) < 4.78 is 11.1. The van der Waals surface area contributed by atoms with E-state index < -0.39 is 0 Å². The number of nitrogens with zero attached hydrogens (tertiary/aromatic N) is 1. The quantitative estimate of drug-likeness (QED) is 0.316. The summed E-state index contributed by atoms with van der Waals surface area (Å²) in [5.41, 5.74) is 1.44. The third-order valence-electron chi connectivity index (χ3n) is 3.95. The van der Waals surface area contributed by atoms with E-state index in [2.05, 4.69) is 28.6 Å². The van der Waals surface area contributed by atoms with Crippen molar-refractivity contribution in [2.75, 3.05) is 40.0 Å². The third kappa shape index (κ3) is 6.52. The average Bonchev–Trinajstić information content (AvgIpc) is 2.91. The van der Waals surface area contributed by atoms with E-state index in [0.29, 0.717) is 0 Å². The van der Waals surface area contributed by atoms with Crippen molar-refractivity contribution in [3.63, 3.8) is 0 Å². The van der Waals surface area contributed by atoms with Crippen LogP contribution in [0.5, 0.6) is 0 Å². The summed E-state index contributed by atoms with van der Waals surface area (Å²) in [5.74, 6) is 0.856. The molecule has 1 fully saturated rings. The Morgan fingerprint density at radius 3 is 2.86 bits per heavy atom. The molecule has 5 nitrogen and oxygen atoms in total. The van der Waals surface area contributed by atoms with E-state index in [1.54, 1.807) is 7.05 Å². The SMILES string of the molecule is CN=C(NCCC1=CCOCC1)NCC1(C)CCCO1.I. The van der Waals surface area contributed by atoms with Crippen LogP contribution >= 0.6 is 24.0 Å². The lowest BCUT2D eigenvalue weighted by Gasteiger charge is -2.24. The van der Waals surface area contributed by atoms with Gasteiger partial charge in [-0.15, -0.1) is 24.0 Å². The molecular weight excluding hydrogens is 381 g/mol. The van der Waals surface area contributed by atoms with Crippen molar-refractivity contribution in [1.82, 2.24) is 10.6 Å². The number of ether oxygens (including phenoxy) is 2. The lowest BCUT2D eigenvalue weighted by molar-refractivity contribution is 0.0243. The molecule has 21 heavy (non-hydrogen) atoms. The molecular formula is C15H28IN3O2. The van der Waals surface area contributed by atoms with Crippen LogP contribution in [0.3, 0.4) is 0 Å². The highest BCUT2D eigenvalue weighted by molar-refractivity contribution is 14.0. The molecule has 1 saturated heterocycles. The van der Waals surface area contributed by atoms with Crippen molar-refractivity contribution in [2.45, 2.75) is 38.2 Å². The maximum Gasteiger partial charge on any atom is 0.191 e. The Morgan fingerprint density at radius 1 is 1.38 bits per heavy atom. The predicted molar refractivity (Wildman–Crippen MR) is 96.5 cm³/mol. The first-order valence-electron chi connectivity index (χ1n) is 7.56. The van der Waals surface area contributed by atoms with Crippen LogP contribution in [0.1, 0.15) is 32.6 Å². The number of guanidine groups is 1. The maximum absolute atomic E-state index is 5.77. The van der Waals surface area contributed by atoms with Crippen molar-refractivity contribution >= 4 is 29.9 Å². The standard InChI is InChI=1S/C15H27N3O2.HI/c1-15(7-3-9-20-15)12-18-14(16-2)17-8-4-13-5-10-19-11-6-13;/h5H,3-4,6-12H2,1-2H3,(H2,16,17,18);1H. The smallest absolute Gasteiger partial charge is 0.191 e. The molecule has 0 radical (unpaired) electrons. The van der Waals surface area contributed by atoms with Gasteiger partial charge in [-0.3, -0.25) is 4.99 Å². The van der Waals surface area contributed by atoms with Gasteiger partial charge in [-0.05, 0) is 32.6 Å². The van der Waals surface area contributed by atoms with Crippen molar-refractivity contribution in [2.24, 2.45) is 4.99 Å². The summed E-state index contributed by atoms with van der Waals surface area (Å²) in [7, 11) is 1.81. The highest BCUT2D eigenvalue weighted by Gasteiger charge is 2.29. The van der Waals surface area contributed by atoms with Gasteiger partial charge in [0, 0.05) is 26.7 Å². The number of halogens is 1. The molecule has 0 bridgehead atoms. The number of aliphatic imine (C=N–C) groups is 1. The Morgan fingerprint density at radius 2 is 2.24 bits per heavy atom. The van der Waals surface area contributed by atoms with Gasteiger partial charge in [-0.1, -0.05) is 11.6 Å². The number of rotatable bonds is 5. The highest BCUT2D eigenvalue weighted by Crippen LogP contribution is 2.23. The Labute approximate surface area is 145 Å². The second kappa shape index (κ2) is 9.63. The minimum absolute atomic E-state index is 0. The summed E-state index contributed by atoms with van der Waals surface area (Å²) in [5, 5.41) is 6.72. The zero-order valence-electron chi connectivity index (χ0n) is 13.1. The molecule has 122 valence electrons. The van der Waals surface area contributed by atoms with Gasteiger partial charge in [0.05, 0.1) is 18.8 Å².